The number of hydrogen-bond donors (Lipinski definition) is 1. The maximum absolute atomic E-state index is 8.89. The molecule has 0 aromatic heterocycles. The Hall–Kier alpha value is -0.730. The molecule has 0 bridgehead atoms. The Morgan fingerprint density at radius 2 is 2.17 bits per heavy atom. The number of aryl methyl sites for hydroxylation is 1. The molecule has 1 aromatic carbocycles. The highest BCUT2D eigenvalue weighted by atomic mass is 35.5. The lowest BCUT2D eigenvalue weighted by molar-refractivity contribution is 0.281. The first kappa shape index (κ1) is 9.36. The fourth-order valence-electron chi connectivity index (χ4n) is 1.04. The Bertz CT molecular complexity index is 259. The zero-order valence-electron chi connectivity index (χ0n) is 7.10. The summed E-state index contributed by atoms with van der Waals surface area (Å²) in [6.45, 7) is 1.85. The number of aliphatic hydroxyl groups excluding tert-OH is 1. The quantitative estimate of drug-likeness (QED) is 0.767. The maximum Gasteiger partial charge on any atom is 0.122 e. The van der Waals surface area contributed by atoms with E-state index in [1.165, 1.54) is 0 Å². The van der Waals surface area contributed by atoms with Crippen LogP contribution in [0.2, 0.25) is 5.02 Å². The first-order valence-electron chi connectivity index (χ1n) is 3.63. The normalized spacial score (nSPS) is 10.0. The average molecular weight is 187 g/mol. The maximum atomic E-state index is 8.89. The van der Waals surface area contributed by atoms with Crippen LogP contribution < -0.4 is 4.74 Å². The van der Waals surface area contributed by atoms with Gasteiger partial charge in [-0.2, -0.15) is 0 Å². The standard InChI is InChI=1S/C9H11ClO2/c1-6-3-8(10)7(5-11)4-9(6)12-2/h3-4,11H,5H2,1-2H3. The molecule has 0 aliphatic carbocycles. The molecule has 0 atom stereocenters. The monoisotopic (exact) mass is 186 g/mol. The van der Waals surface area contributed by atoms with E-state index in [2.05, 4.69) is 0 Å². The van der Waals surface area contributed by atoms with Crippen molar-refractivity contribution in [1.29, 1.82) is 0 Å². The Morgan fingerprint density at radius 3 is 2.67 bits per heavy atom. The van der Waals surface area contributed by atoms with Crippen LogP contribution in [0.4, 0.5) is 0 Å². The Labute approximate surface area is 76.7 Å². The van der Waals surface area contributed by atoms with Gasteiger partial charge in [0.1, 0.15) is 5.75 Å². The molecule has 0 saturated heterocycles. The van der Waals surface area contributed by atoms with E-state index in [4.69, 9.17) is 21.4 Å². The van der Waals surface area contributed by atoms with Crippen molar-refractivity contribution >= 4 is 11.6 Å². The number of methoxy groups -OCH3 is 1. The van der Waals surface area contributed by atoms with Gasteiger partial charge in [-0.1, -0.05) is 11.6 Å². The van der Waals surface area contributed by atoms with Gasteiger partial charge in [-0.15, -0.1) is 0 Å². The number of ether oxygens (including phenoxy) is 1. The van der Waals surface area contributed by atoms with Gasteiger partial charge in [-0.05, 0) is 30.2 Å². The highest BCUT2D eigenvalue weighted by Gasteiger charge is 2.04. The third-order valence-electron chi connectivity index (χ3n) is 1.73. The smallest absolute Gasteiger partial charge is 0.122 e. The summed E-state index contributed by atoms with van der Waals surface area (Å²) < 4.78 is 5.07. The zero-order valence-corrected chi connectivity index (χ0v) is 7.85. The van der Waals surface area contributed by atoms with E-state index in [0.717, 1.165) is 11.3 Å². The predicted molar refractivity (Wildman–Crippen MR) is 48.7 cm³/mol. The number of aliphatic hydroxyl groups is 1. The second-order valence-electron chi connectivity index (χ2n) is 2.57. The van der Waals surface area contributed by atoms with E-state index in [9.17, 15) is 0 Å². The van der Waals surface area contributed by atoms with Crippen molar-refractivity contribution in [1.82, 2.24) is 0 Å². The van der Waals surface area contributed by atoms with Crippen LogP contribution in [-0.2, 0) is 6.61 Å². The summed E-state index contributed by atoms with van der Waals surface area (Å²) >= 11 is 5.84. The van der Waals surface area contributed by atoms with E-state index < -0.39 is 0 Å². The lowest BCUT2D eigenvalue weighted by atomic mass is 10.1. The summed E-state index contributed by atoms with van der Waals surface area (Å²) in [6, 6.07) is 3.53. The highest BCUT2D eigenvalue weighted by Crippen LogP contribution is 2.26. The topological polar surface area (TPSA) is 29.5 Å². The van der Waals surface area contributed by atoms with Crippen molar-refractivity contribution in [2.45, 2.75) is 13.5 Å². The van der Waals surface area contributed by atoms with Crippen molar-refractivity contribution in [3.05, 3.63) is 28.3 Å². The molecule has 12 heavy (non-hydrogen) atoms. The van der Waals surface area contributed by atoms with E-state index in [-0.39, 0.29) is 6.61 Å². The van der Waals surface area contributed by atoms with Crippen LogP contribution in [0.15, 0.2) is 12.1 Å². The molecule has 2 nitrogen and oxygen atoms in total. The molecule has 3 heteroatoms. The van der Waals surface area contributed by atoms with Crippen molar-refractivity contribution in [2.24, 2.45) is 0 Å². The van der Waals surface area contributed by atoms with Gasteiger partial charge < -0.3 is 9.84 Å². The van der Waals surface area contributed by atoms with E-state index in [0.29, 0.717) is 10.6 Å². The largest absolute Gasteiger partial charge is 0.496 e. The van der Waals surface area contributed by atoms with Gasteiger partial charge in [0.15, 0.2) is 0 Å². The summed E-state index contributed by atoms with van der Waals surface area (Å²) in [7, 11) is 1.59. The van der Waals surface area contributed by atoms with E-state index in [1.807, 2.05) is 6.92 Å². The first-order valence-corrected chi connectivity index (χ1v) is 4.00. The number of rotatable bonds is 2. The second kappa shape index (κ2) is 3.78. The lowest BCUT2D eigenvalue weighted by Gasteiger charge is -2.07. The molecule has 0 aliphatic heterocycles. The van der Waals surface area contributed by atoms with Gasteiger partial charge in [0.25, 0.3) is 0 Å². The minimum Gasteiger partial charge on any atom is -0.496 e. The molecule has 0 radical (unpaired) electrons. The molecule has 1 rings (SSSR count). The molecular weight excluding hydrogens is 176 g/mol. The summed E-state index contributed by atoms with van der Waals surface area (Å²) in [5, 5.41) is 9.47. The first-order chi connectivity index (χ1) is 5.69. The molecule has 0 unspecified atom stereocenters. The predicted octanol–water partition coefficient (Wildman–Crippen LogP) is 2.15. The highest BCUT2D eigenvalue weighted by molar-refractivity contribution is 6.31. The SMILES string of the molecule is COc1cc(CO)c(Cl)cc1C. The van der Waals surface area contributed by atoms with Crippen LogP contribution in [0.5, 0.6) is 5.75 Å². The van der Waals surface area contributed by atoms with Crippen LogP contribution >= 0.6 is 11.6 Å². The fourth-order valence-corrected chi connectivity index (χ4v) is 1.31. The van der Waals surface area contributed by atoms with E-state index >= 15 is 0 Å². The molecule has 0 aliphatic rings. The van der Waals surface area contributed by atoms with Gasteiger partial charge in [0.05, 0.1) is 13.7 Å². The van der Waals surface area contributed by atoms with Crippen LogP contribution in [0.3, 0.4) is 0 Å². The van der Waals surface area contributed by atoms with Crippen LogP contribution in [0, 0.1) is 6.92 Å². The van der Waals surface area contributed by atoms with Gasteiger partial charge in [0, 0.05) is 5.02 Å². The number of benzene rings is 1. The van der Waals surface area contributed by atoms with Crippen molar-refractivity contribution in [3.63, 3.8) is 0 Å². The average Bonchev–Trinajstić information content (AvgIpc) is 2.05. The fraction of sp³-hybridized carbons (Fsp3) is 0.333. The van der Waals surface area contributed by atoms with Crippen molar-refractivity contribution in [3.8, 4) is 5.75 Å². The summed E-state index contributed by atoms with van der Waals surface area (Å²) in [6.07, 6.45) is 0. The van der Waals surface area contributed by atoms with Gasteiger partial charge >= 0.3 is 0 Å². The second-order valence-corrected chi connectivity index (χ2v) is 2.98. The third-order valence-corrected chi connectivity index (χ3v) is 2.09. The minimum absolute atomic E-state index is 0.0600. The molecule has 1 N–H and O–H groups in total. The summed E-state index contributed by atoms with van der Waals surface area (Å²) in [4.78, 5) is 0. The Kier molecular flexibility index (Phi) is 2.95. The molecule has 66 valence electrons. The van der Waals surface area contributed by atoms with Gasteiger partial charge in [-0.3, -0.25) is 0 Å². The van der Waals surface area contributed by atoms with Crippen LogP contribution in [-0.4, -0.2) is 12.2 Å². The molecular formula is C9H11ClO2. The number of hydrogen-bond acceptors (Lipinski definition) is 2. The Balaban J connectivity index is 3.18. The minimum atomic E-state index is -0.0600. The zero-order chi connectivity index (χ0) is 9.14. The van der Waals surface area contributed by atoms with Crippen LogP contribution in [0.25, 0.3) is 0 Å². The summed E-state index contributed by atoms with van der Waals surface area (Å²) in [5.74, 6) is 0.753. The molecule has 0 saturated carbocycles. The molecule has 0 amide bonds. The van der Waals surface area contributed by atoms with E-state index in [1.54, 1.807) is 19.2 Å². The molecule has 0 heterocycles. The van der Waals surface area contributed by atoms with Crippen LogP contribution in [0.1, 0.15) is 11.1 Å². The Morgan fingerprint density at radius 1 is 1.50 bits per heavy atom. The summed E-state index contributed by atoms with van der Waals surface area (Å²) in [5.41, 5.74) is 1.67. The molecule has 0 fully saturated rings. The van der Waals surface area contributed by atoms with Gasteiger partial charge in [-0.25, -0.2) is 0 Å². The lowest BCUT2D eigenvalue weighted by Crippen LogP contribution is -1.91. The number of halogens is 1. The molecule has 1 aromatic rings. The third kappa shape index (κ3) is 1.71. The van der Waals surface area contributed by atoms with Crippen molar-refractivity contribution in [2.75, 3.05) is 7.11 Å². The van der Waals surface area contributed by atoms with Crippen molar-refractivity contribution < 1.29 is 9.84 Å². The van der Waals surface area contributed by atoms with Gasteiger partial charge in [0.2, 0.25) is 0 Å². The molecule has 0 spiro atoms.